The second-order valence-corrected chi connectivity index (χ2v) is 6.70. The van der Waals surface area contributed by atoms with Crippen LogP contribution >= 0.6 is 11.8 Å². The molecule has 118 valence electrons. The third-order valence-electron chi connectivity index (χ3n) is 3.78. The molecule has 23 heavy (non-hydrogen) atoms. The molecule has 2 aromatic carbocycles. The van der Waals surface area contributed by atoms with Crippen molar-refractivity contribution in [2.24, 2.45) is 0 Å². The molecule has 0 saturated carbocycles. The van der Waals surface area contributed by atoms with E-state index < -0.39 is 0 Å². The Bertz CT molecular complexity index is 821. The van der Waals surface area contributed by atoms with E-state index in [2.05, 4.69) is 35.4 Å². The summed E-state index contributed by atoms with van der Waals surface area (Å²) in [6.45, 7) is 4.76. The number of hydrogen-bond donors (Lipinski definition) is 2. The van der Waals surface area contributed by atoms with Gasteiger partial charge in [-0.25, -0.2) is 0 Å². The topological polar surface area (TPSA) is 44.9 Å². The molecule has 0 radical (unpaired) electrons. The second kappa shape index (κ2) is 6.92. The van der Waals surface area contributed by atoms with Crippen LogP contribution in [0.2, 0.25) is 0 Å². The Hall–Kier alpha value is -2.20. The SMILES string of the molecule is Cc1ccc(C(=O)NCCSc2c(C)[nH]c3ccccc23)cc1. The molecule has 4 heteroatoms. The van der Waals surface area contributed by atoms with Crippen LogP contribution < -0.4 is 5.32 Å². The fourth-order valence-corrected chi connectivity index (χ4v) is 3.57. The highest BCUT2D eigenvalue weighted by molar-refractivity contribution is 7.99. The molecule has 1 amide bonds. The number of nitrogens with one attached hydrogen (secondary N) is 2. The lowest BCUT2D eigenvalue weighted by Gasteiger charge is -2.06. The van der Waals surface area contributed by atoms with Crippen LogP contribution in [-0.2, 0) is 0 Å². The monoisotopic (exact) mass is 324 g/mol. The zero-order chi connectivity index (χ0) is 16.2. The highest BCUT2D eigenvalue weighted by Crippen LogP contribution is 2.30. The lowest BCUT2D eigenvalue weighted by molar-refractivity contribution is 0.0956. The Balaban J connectivity index is 1.56. The number of carbonyl (C=O) groups excluding carboxylic acids is 1. The fraction of sp³-hybridized carbons (Fsp3) is 0.211. The molecule has 0 unspecified atom stereocenters. The number of benzene rings is 2. The van der Waals surface area contributed by atoms with E-state index in [0.29, 0.717) is 12.1 Å². The van der Waals surface area contributed by atoms with Gasteiger partial charge in [0.25, 0.3) is 5.91 Å². The van der Waals surface area contributed by atoms with Gasteiger partial charge >= 0.3 is 0 Å². The van der Waals surface area contributed by atoms with Gasteiger partial charge in [0, 0.05) is 39.4 Å². The van der Waals surface area contributed by atoms with E-state index in [0.717, 1.165) is 16.8 Å². The van der Waals surface area contributed by atoms with E-state index >= 15 is 0 Å². The summed E-state index contributed by atoms with van der Waals surface area (Å²) in [5.41, 5.74) is 4.22. The van der Waals surface area contributed by atoms with Crippen molar-refractivity contribution < 1.29 is 4.79 Å². The summed E-state index contributed by atoms with van der Waals surface area (Å²) < 4.78 is 0. The molecule has 0 atom stereocenters. The summed E-state index contributed by atoms with van der Waals surface area (Å²) >= 11 is 1.78. The summed E-state index contributed by atoms with van der Waals surface area (Å²) in [4.78, 5) is 16.7. The van der Waals surface area contributed by atoms with E-state index in [1.807, 2.05) is 37.3 Å². The molecule has 0 aliphatic rings. The van der Waals surface area contributed by atoms with Gasteiger partial charge in [-0.1, -0.05) is 35.9 Å². The Morgan fingerprint density at radius 1 is 1.09 bits per heavy atom. The first-order valence-corrected chi connectivity index (χ1v) is 8.68. The molecule has 3 rings (SSSR count). The minimum atomic E-state index is -0.0127. The maximum absolute atomic E-state index is 12.1. The molecule has 0 aliphatic carbocycles. The number of carbonyl (C=O) groups is 1. The first kappa shape index (κ1) is 15.7. The Morgan fingerprint density at radius 2 is 1.83 bits per heavy atom. The average molecular weight is 324 g/mol. The van der Waals surface area contributed by atoms with Crippen molar-refractivity contribution in [3.8, 4) is 0 Å². The molecule has 3 nitrogen and oxygen atoms in total. The molecule has 0 spiro atoms. The van der Waals surface area contributed by atoms with Gasteiger partial charge in [0.05, 0.1) is 0 Å². The molecular formula is C19H20N2OS. The highest BCUT2D eigenvalue weighted by atomic mass is 32.2. The third kappa shape index (κ3) is 3.59. The minimum absolute atomic E-state index is 0.0127. The van der Waals surface area contributed by atoms with Crippen LogP contribution in [0, 0.1) is 13.8 Å². The zero-order valence-corrected chi connectivity index (χ0v) is 14.2. The number of hydrogen-bond acceptors (Lipinski definition) is 2. The van der Waals surface area contributed by atoms with Gasteiger partial charge in [0.2, 0.25) is 0 Å². The number of aryl methyl sites for hydroxylation is 2. The van der Waals surface area contributed by atoms with Crippen LogP contribution in [0.1, 0.15) is 21.6 Å². The fourth-order valence-electron chi connectivity index (χ4n) is 2.56. The van der Waals surface area contributed by atoms with E-state index in [1.54, 1.807) is 11.8 Å². The third-order valence-corrected chi connectivity index (χ3v) is 5.01. The number of thioether (sulfide) groups is 1. The van der Waals surface area contributed by atoms with E-state index in [4.69, 9.17) is 0 Å². The number of rotatable bonds is 5. The predicted molar refractivity (Wildman–Crippen MR) is 97.3 cm³/mol. The second-order valence-electron chi connectivity index (χ2n) is 5.60. The van der Waals surface area contributed by atoms with E-state index in [-0.39, 0.29) is 5.91 Å². The largest absolute Gasteiger partial charge is 0.358 e. The van der Waals surface area contributed by atoms with Crippen LogP contribution in [0.5, 0.6) is 0 Å². The average Bonchev–Trinajstić information content (AvgIpc) is 2.87. The molecule has 0 fully saturated rings. The maximum atomic E-state index is 12.1. The molecule has 3 aromatic rings. The number of H-pyrrole nitrogens is 1. The van der Waals surface area contributed by atoms with Crippen molar-refractivity contribution >= 4 is 28.6 Å². The quantitative estimate of drug-likeness (QED) is 0.543. The van der Waals surface area contributed by atoms with Gasteiger partial charge in [-0.3, -0.25) is 4.79 Å². The standard InChI is InChI=1S/C19H20N2OS/c1-13-7-9-15(10-8-13)19(22)20-11-12-23-18-14(2)21-17-6-4-3-5-16(17)18/h3-10,21H,11-12H2,1-2H3,(H,20,22). The molecule has 0 aliphatic heterocycles. The summed E-state index contributed by atoms with van der Waals surface area (Å²) in [6.07, 6.45) is 0. The molecule has 1 aromatic heterocycles. The molecule has 1 heterocycles. The van der Waals surface area contributed by atoms with Crippen molar-refractivity contribution in [1.29, 1.82) is 0 Å². The Labute approximate surface area is 140 Å². The highest BCUT2D eigenvalue weighted by Gasteiger charge is 2.09. The van der Waals surface area contributed by atoms with Gasteiger partial charge in [-0.15, -0.1) is 11.8 Å². The van der Waals surface area contributed by atoms with Gasteiger partial charge in [-0.05, 0) is 32.0 Å². The molecule has 0 saturated heterocycles. The predicted octanol–water partition coefficient (Wildman–Crippen LogP) is 4.31. The normalized spacial score (nSPS) is 10.9. The van der Waals surface area contributed by atoms with Crippen molar-refractivity contribution in [3.05, 3.63) is 65.4 Å². The first-order chi connectivity index (χ1) is 11.1. The van der Waals surface area contributed by atoms with Gasteiger partial charge in [0.1, 0.15) is 0 Å². The Kier molecular flexibility index (Phi) is 4.72. The summed E-state index contributed by atoms with van der Waals surface area (Å²) in [5.74, 6) is 0.835. The van der Waals surface area contributed by atoms with Gasteiger partial charge in [-0.2, -0.15) is 0 Å². The van der Waals surface area contributed by atoms with Crippen molar-refractivity contribution in [3.63, 3.8) is 0 Å². The van der Waals surface area contributed by atoms with Crippen molar-refractivity contribution in [2.45, 2.75) is 18.7 Å². The number of para-hydroxylation sites is 1. The Morgan fingerprint density at radius 3 is 2.61 bits per heavy atom. The van der Waals surface area contributed by atoms with Crippen LogP contribution in [0.3, 0.4) is 0 Å². The van der Waals surface area contributed by atoms with Crippen LogP contribution in [-0.4, -0.2) is 23.2 Å². The first-order valence-electron chi connectivity index (χ1n) is 7.70. The number of aromatic nitrogens is 1. The van der Waals surface area contributed by atoms with Crippen LogP contribution in [0.25, 0.3) is 10.9 Å². The molecule has 2 N–H and O–H groups in total. The number of fused-ring (bicyclic) bond motifs is 1. The van der Waals surface area contributed by atoms with Gasteiger partial charge < -0.3 is 10.3 Å². The number of aromatic amines is 1. The number of amides is 1. The van der Waals surface area contributed by atoms with Crippen LogP contribution in [0.4, 0.5) is 0 Å². The van der Waals surface area contributed by atoms with Crippen molar-refractivity contribution in [2.75, 3.05) is 12.3 Å². The maximum Gasteiger partial charge on any atom is 0.251 e. The van der Waals surface area contributed by atoms with Crippen molar-refractivity contribution in [1.82, 2.24) is 10.3 Å². The van der Waals surface area contributed by atoms with E-state index in [1.165, 1.54) is 16.0 Å². The molecule has 0 bridgehead atoms. The zero-order valence-electron chi connectivity index (χ0n) is 13.3. The van der Waals surface area contributed by atoms with E-state index in [9.17, 15) is 4.79 Å². The smallest absolute Gasteiger partial charge is 0.251 e. The molecular weight excluding hydrogens is 304 g/mol. The summed E-state index contributed by atoms with van der Waals surface area (Å²) in [5, 5.41) is 4.23. The lowest BCUT2D eigenvalue weighted by atomic mass is 10.1. The lowest BCUT2D eigenvalue weighted by Crippen LogP contribution is -2.25. The summed E-state index contributed by atoms with van der Waals surface area (Å²) in [7, 11) is 0. The van der Waals surface area contributed by atoms with Gasteiger partial charge in [0.15, 0.2) is 0 Å². The summed E-state index contributed by atoms with van der Waals surface area (Å²) in [6, 6.07) is 16.0. The minimum Gasteiger partial charge on any atom is -0.358 e. The van der Waals surface area contributed by atoms with Crippen LogP contribution in [0.15, 0.2) is 53.4 Å².